The molecule has 1 aromatic carbocycles. The van der Waals surface area contributed by atoms with Crippen LogP contribution in [0.2, 0.25) is 0 Å². The van der Waals surface area contributed by atoms with Gasteiger partial charge in [-0.2, -0.15) is 13.2 Å². The molecule has 5 heteroatoms. The average Bonchev–Trinajstić information content (AvgIpc) is 2.60. The first-order valence-electron chi connectivity index (χ1n) is 5.28. The first-order chi connectivity index (χ1) is 7.93. The largest absolute Gasteiger partial charge is 0.397 e. The molecule has 0 bridgehead atoms. The maximum Gasteiger partial charge on any atom is 0.397 e. The second kappa shape index (κ2) is 4.07. The van der Waals surface area contributed by atoms with Crippen LogP contribution in [0.1, 0.15) is 17.0 Å². The average molecular weight is 242 g/mol. The summed E-state index contributed by atoms with van der Waals surface area (Å²) in [5.41, 5.74) is 7.10. The van der Waals surface area contributed by atoms with Gasteiger partial charge in [-0.25, -0.2) is 0 Å². The third-order valence-corrected chi connectivity index (χ3v) is 2.88. The number of benzene rings is 1. The summed E-state index contributed by atoms with van der Waals surface area (Å²) in [6, 6.07) is 5.38. The number of nitrogens with one attached hydrogen (secondary N) is 1. The van der Waals surface area contributed by atoms with Crippen molar-refractivity contribution in [2.24, 2.45) is 5.73 Å². The van der Waals surface area contributed by atoms with Gasteiger partial charge in [-0.15, -0.1) is 0 Å². The lowest BCUT2D eigenvalue weighted by Crippen LogP contribution is -2.27. The zero-order chi connectivity index (χ0) is 12.6. The van der Waals surface area contributed by atoms with Crippen molar-refractivity contribution in [2.75, 3.05) is 6.54 Å². The van der Waals surface area contributed by atoms with Gasteiger partial charge in [0, 0.05) is 23.6 Å². The number of H-pyrrole nitrogens is 1. The molecular weight excluding hydrogens is 229 g/mol. The molecule has 0 spiro atoms. The van der Waals surface area contributed by atoms with Crippen LogP contribution in [-0.2, 0) is 0 Å². The number of halogens is 3. The lowest BCUT2D eigenvalue weighted by atomic mass is 9.97. The molecule has 1 aromatic heterocycles. The van der Waals surface area contributed by atoms with Crippen molar-refractivity contribution >= 4 is 10.9 Å². The molecule has 0 aliphatic heterocycles. The molecule has 1 unspecified atom stereocenters. The van der Waals surface area contributed by atoms with E-state index in [1.54, 1.807) is 12.1 Å². The van der Waals surface area contributed by atoms with Crippen molar-refractivity contribution in [3.8, 4) is 0 Å². The molecule has 0 radical (unpaired) electrons. The number of hydrogen-bond acceptors (Lipinski definition) is 1. The van der Waals surface area contributed by atoms with Crippen molar-refractivity contribution in [1.82, 2.24) is 4.98 Å². The summed E-state index contributed by atoms with van der Waals surface area (Å²) in [6.07, 6.45) is -2.91. The van der Waals surface area contributed by atoms with Gasteiger partial charge < -0.3 is 10.7 Å². The third kappa shape index (κ3) is 2.15. The maximum absolute atomic E-state index is 12.8. The van der Waals surface area contributed by atoms with E-state index in [1.165, 1.54) is 6.20 Å². The summed E-state index contributed by atoms with van der Waals surface area (Å²) in [6.45, 7) is 1.41. The molecule has 2 nitrogen and oxygen atoms in total. The highest BCUT2D eigenvalue weighted by Crippen LogP contribution is 2.37. The Hall–Kier alpha value is -1.49. The quantitative estimate of drug-likeness (QED) is 0.834. The van der Waals surface area contributed by atoms with Crippen molar-refractivity contribution in [1.29, 1.82) is 0 Å². The Labute approximate surface area is 96.6 Å². The summed E-state index contributed by atoms with van der Waals surface area (Å²) >= 11 is 0. The Morgan fingerprint density at radius 1 is 1.35 bits per heavy atom. The van der Waals surface area contributed by atoms with Gasteiger partial charge >= 0.3 is 6.18 Å². The van der Waals surface area contributed by atoms with Gasteiger partial charge in [0.15, 0.2) is 0 Å². The molecular formula is C12H13F3N2. The zero-order valence-electron chi connectivity index (χ0n) is 9.31. The van der Waals surface area contributed by atoms with Gasteiger partial charge in [-0.3, -0.25) is 0 Å². The summed E-state index contributed by atoms with van der Waals surface area (Å²) in [7, 11) is 0. The topological polar surface area (TPSA) is 41.8 Å². The summed E-state index contributed by atoms with van der Waals surface area (Å²) < 4.78 is 38.5. The fraction of sp³-hybridized carbons (Fsp3) is 0.333. The van der Waals surface area contributed by atoms with E-state index in [4.69, 9.17) is 5.73 Å². The van der Waals surface area contributed by atoms with E-state index < -0.39 is 18.6 Å². The zero-order valence-corrected chi connectivity index (χ0v) is 9.31. The number of aromatic amines is 1. The number of aryl methyl sites for hydroxylation is 1. The van der Waals surface area contributed by atoms with E-state index >= 15 is 0 Å². The van der Waals surface area contributed by atoms with Crippen molar-refractivity contribution in [3.63, 3.8) is 0 Å². The summed E-state index contributed by atoms with van der Waals surface area (Å²) in [5.74, 6) is -1.61. The Balaban J connectivity index is 2.58. The van der Waals surface area contributed by atoms with Crippen LogP contribution in [-0.4, -0.2) is 17.7 Å². The van der Waals surface area contributed by atoms with E-state index in [0.29, 0.717) is 10.9 Å². The van der Waals surface area contributed by atoms with E-state index in [1.807, 2.05) is 13.0 Å². The number of nitrogens with two attached hydrogens (primary N) is 1. The highest BCUT2D eigenvalue weighted by atomic mass is 19.4. The Bertz CT molecular complexity index is 528. The van der Waals surface area contributed by atoms with Gasteiger partial charge in [0.05, 0.1) is 5.92 Å². The fourth-order valence-corrected chi connectivity index (χ4v) is 1.98. The van der Waals surface area contributed by atoms with Crippen LogP contribution in [0.3, 0.4) is 0 Å². The minimum Gasteiger partial charge on any atom is -0.361 e. The van der Waals surface area contributed by atoms with Crippen LogP contribution in [0.25, 0.3) is 10.9 Å². The monoisotopic (exact) mass is 242 g/mol. The minimum atomic E-state index is -4.31. The fourth-order valence-electron chi connectivity index (χ4n) is 1.98. The number of rotatable bonds is 2. The summed E-state index contributed by atoms with van der Waals surface area (Å²) in [4.78, 5) is 2.85. The highest BCUT2D eigenvalue weighted by Gasteiger charge is 2.40. The highest BCUT2D eigenvalue weighted by molar-refractivity contribution is 5.84. The van der Waals surface area contributed by atoms with Crippen molar-refractivity contribution < 1.29 is 13.2 Å². The van der Waals surface area contributed by atoms with Gasteiger partial charge in [0.1, 0.15) is 0 Å². The predicted molar refractivity (Wildman–Crippen MR) is 60.9 cm³/mol. The minimum absolute atomic E-state index is 0.221. The molecule has 0 amide bonds. The van der Waals surface area contributed by atoms with E-state index in [2.05, 4.69) is 4.98 Å². The third-order valence-electron chi connectivity index (χ3n) is 2.88. The molecule has 17 heavy (non-hydrogen) atoms. The van der Waals surface area contributed by atoms with Gasteiger partial charge in [-0.1, -0.05) is 11.6 Å². The van der Waals surface area contributed by atoms with Crippen LogP contribution in [0.4, 0.5) is 13.2 Å². The van der Waals surface area contributed by atoms with Crippen LogP contribution < -0.4 is 5.73 Å². The SMILES string of the molecule is Cc1ccc2[nH]cc(C(CN)C(F)(F)F)c2c1. The van der Waals surface area contributed by atoms with Crippen LogP contribution >= 0.6 is 0 Å². The second-order valence-electron chi connectivity index (χ2n) is 4.12. The normalized spacial score (nSPS) is 14.2. The number of aromatic nitrogens is 1. The molecule has 0 fully saturated rings. The molecule has 3 N–H and O–H groups in total. The molecule has 0 saturated heterocycles. The van der Waals surface area contributed by atoms with Gasteiger partial charge in [-0.05, 0) is 24.6 Å². The summed E-state index contributed by atoms with van der Waals surface area (Å²) in [5, 5.41) is 0.595. The number of alkyl halides is 3. The van der Waals surface area contributed by atoms with Gasteiger partial charge in [0.25, 0.3) is 0 Å². The van der Waals surface area contributed by atoms with Crippen LogP contribution in [0.5, 0.6) is 0 Å². The molecule has 2 rings (SSSR count). The Kier molecular flexibility index (Phi) is 2.87. The Morgan fingerprint density at radius 3 is 2.65 bits per heavy atom. The van der Waals surface area contributed by atoms with E-state index in [0.717, 1.165) is 5.56 Å². The molecule has 0 aliphatic carbocycles. The lowest BCUT2D eigenvalue weighted by Gasteiger charge is -2.17. The molecule has 2 aromatic rings. The second-order valence-corrected chi connectivity index (χ2v) is 4.12. The van der Waals surface area contributed by atoms with Crippen molar-refractivity contribution in [3.05, 3.63) is 35.5 Å². The smallest absolute Gasteiger partial charge is 0.361 e. The predicted octanol–water partition coefficient (Wildman–Crippen LogP) is 3.08. The first-order valence-corrected chi connectivity index (χ1v) is 5.28. The molecule has 1 atom stereocenters. The lowest BCUT2D eigenvalue weighted by molar-refractivity contribution is -0.147. The van der Waals surface area contributed by atoms with E-state index in [-0.39, 0.29) is 5.56 Å². The standard InChI is InChI=1S/C12H13F3N2/c1-7-2-3-11-8(4-7)9(6-17-11)10(5-16)12(13,14)15/h2-4,6,10,17H,5,16H2,1H3. The number of fused-ring (bicyclic) bond motifs is 1. The molecule has 0 aliphatic rings. The van der Waals surface area contributed by atoms with E-state index in [9.17, 15) is 13.2 Å². The van der Waals surface area contributed by atoms with Crippen molar-refractivity contribution in [2.45, 2.75) is 19.0 Å². The first kappa shape index (κ1) is 12.0. The van der Waals surface area contributed by atoms with Crippen LogP contribution in [0, 0.1) is 6.92 Å². The number of hydrogen-bond donors (Lipinski definition) is 2. The molecule has 0 saturated carbocycles. The molecule has 92 valence electrons. The Morgan fingerprint density at radius 2 is 2.06 bits per heavy atom. The van der Waals surface area contributed by atoms with Crippen LogP contribution in [0.15, 0.2) is 24.4 Å². The van der Waals surface area contributed by atoms with Gasteiger partial charge in [0.2, 0.25) is 0 Å². The maximum atomic E-state index is 12.8. The molecule has 1 heterocycles.